The summed E-state index contributed by atoms with van der Waals surface area (Å²) in [6, 6.07) is 1.24. The zero-order chi connectivity index (χ0) is 15.6. The zero-order valence-electron chi connectivity index (χ0n) is 10.8. The number of halogens is 2. The highest BCUT2D eigenvalue weighted by Gasteiger charge is 2.23. The molecule has 2 rings (SSSR count). The Morgan fingerprint density at radius 3 is 2.76 bits per heavy atom. The molecule has 0 saturated carbocycles. The Hall–Kier alpha value is -2.20. The molecule has 1 aromatic heterocycles. The molecular weight excluding hydrogens is 306 g/mol. The summed E-state index contributed by atoms with van der Waals surface area (Å²) in [6.45, 7) is 0.537. The van der Waals surface area contributed by atoms with Gasteiger partial charge in [-0.2, -0.15) is 5.10 Å². The number of nitro groups is 1. The first-order valence-corrected chi connectivity index (χ1v) is 6.14. The lowest BCUT2D eigenvalue weighted by Crippen LogP contribution is -2.07. The normalized spacial score (nSPS) is 10.8. The number of H-pyrrole nitrogens is 1. The lowest BCUT2D eigenvalue weighted by molar-refractivity contribution is -0.384. The number of hydrogen-bond acceptors (Lipinski definition) is 5. The molecule has 2 aromatic rings. The Bertz CT molecular complexity index is 744. The van der Waals surface area contributed by atoms with Gasteiger partial charge in [0.05, 0.1) is 24.1 Å². The topological polar surface area (TPSA) is 86.0 Å². The van der Waals surface area contributed by atoms with Crippen LogP contribution >= 0.6 is 12.2 Å². The molecule has 0 aliphatic heterocycles. The van der Waals surface area contributed by atoms with E-state index in [0.29, 0.717) is 6.07 Å². The molecule has 0 spiro atoms. The van der Waals surface area contributed by atoms with Gasteiger partial charge in [0.15, 0.2) is 22.2 Å². The van der Waals surface area contributed by atoms with Crippen LogP contribution in [0.15, 0.2) is 12.1 Å². The first-order valence-electron chi connectivity index (χ1n) is 5.73. The van der Waals surface area contributed by atoms with E-state index in [-0.39, 0.29) is 29.3 Å². The minimum absolute atomic E-state index is 0.0441. The van der Waals surface area contributed by atoms with Gasteiger partial charge in [-0.3, -0.25) is 19.8 Å². The maximum Gasteiger partial charge on any atom is 0.283 e. The standard InChI is InChI=1S/C11H10F2N4O3S/c1-20-3-2-16-10(14-15-11(16)21)6-4-7(12)8(13)5-9(6)17(18)19/h4-5H,2-3H2,1H3,(H,15,21). The van der Waals surface area contributed by atoms with Crippen molar-refractivity contribution in [2.45, 2.75) is 6.54 Å². The summed E-state index contributed by atoms with van der Waals surface area (Å²) in [6.07, 6.45) is 0. The van der Waals surface area contributed by atoms with Crippen LogP contribution in [0.25, 0.3) is 11.4 Å². The first kappa shape index (κ1) is 15.2. The van der Waals surface area contributed by atoms with E-state index < -0.39 is 22.2 Å². The zero-order valence-corrected chi connectivity index (χ0v) is 11.6. The van der Waals surface area contributed by atoms with Gasteiger partial charge < -0.3 is 4.74 Å². The molecule has 0 bridgehead atoms. The number of ether oxygens (including phenoxy) is 1. The number of hydrogen-bond donors (Lipinski definition) is 1. The highest BCUT2D eigenvalue weighted by molar-refractivity contribution is 7.71. The third-order valence-electron chi connectivity index (χ3n) is 2.75. The molecule has 0 amide bonds. The molecule has 1 N–H and O–H groups in total. The van der Waals surface area contributed by atoms with Gasteiger partial charge in [0.2, 0.25) is 0 Å². The van der Waals surface area contributed by atoms with Gasteiger partial charge in [-0.25, -0.2) is 8.78 Å². The number of methoxy groups -OCH3 is 1. The Morgan fingerprint density at radius 2 is 2.14 bits per heavy atom. The highest BCUT2D eigenvalue weighted by atomic mass is 32.1. The van der Waals surface area contributed by atoms with E-state index in [9.17, 15) is 18.9 Å². The lowest BCUT2D eigenvalue weighted by Gasteiger charge is -2.07. The Morgan fingerprint density at radius 1 is 1.48 bits per heavy atom. The van der Waals surface area contributed by atoms with Gasteiger partial charge >= 0.3 is 0 Å². The summed E-state index contributed by atoms with van der Waals surface area (Å²) in [5.74, 6) is -2.46. The quantitative estimate of drug-likeness (QED) is 0.520. The highest BCUT2D eigenvalue weighted by Crippen LogP contribution is 2.30. The van der Waals surface area contributed by atoms with E-state index >= 15 is 0 Å². The molecule has 0 unspecified atom stereocenters. The number of nitrogens with zero attached hydrogens (tertiary/aromatic N) is 3. The molecule has 21 heavy (non-hydrogen) atoms. The van der Waals surface area contributed by atoms with E-state index in [1.54, 1.807) is 0 Å². The monoisotopic (exact) mass is 316 g/mol. The van der Waals surface area contributed by atoms with Crippen molar-refractivity contribution in [3.05, 3.63) is 38.7 Å². The number of aromatic nitrogens is 3. The largest absolute Gasteiger partial charge is 0.383 e. The minimum atomic E-state index is -1.30. The second kappa shape index (κ2) is 6.06. The molecule has 0 aliphatic rings. The summed E-state index contributed by atoms with van der Waals surface area (Å²) in [5.41, 5.74) is -0.760. The van der Waals surface area contributed by atoms with Crippen LogP contribution in [-0.2, 0) is 11.3 Å². The van der Waals surface area contributed by atoms with Crippen molar-refractivity contribution in [3.8, 4) is 11.4 Å². The Labute approximate surface area is 122 Å². The fourth-order valence-corrected chi connectivity index (χ4v) is 2.00. The van der Waals surface area contributed by atoms with Gasteiger partial charge in [-0.05, 0) is 18.3 Å². The summed E-state index contributed by atoms with van der Waals surface area (Å²) >= 11 is 5.01. The van der Waals surface area contributed by atoms with Crippen molar-refractivity contribution in [2.24, 2.45) is 0 Å². The molecule has 0 aliphatic carbocycles. The maximum absolute atomic E-state index is 13.4. The molecule has 0 atom stereocenters. The smallest absolute Gasteiger partial charge is 0.283 e. The number of nitrogens with one attached hydrogen (secondary N) is 1. The Balaban J connectivity index is 2.64. The molecule has 1 heterocycles. The number of benzene rings is 1. The second-order valence-electron chi connectivity index (χ2n) is 4.04. The summed E-state index contributed by atoms with van der Waals surface area (Å²) < 4.78 is 33.1. The van der Waals surface area contributed by atoms with E-state index in [1.807, 2.05) is 0 Å². The molecule has 10 heteroatoms. The average molecular weight is 316 g/mol. The van der Waals surface area contributed by atoms with Crippen molar-refractivity contribution in [3.63, 3.8) is 0 Å². The molecule has 1 aromatic carbocycles. The third-order valence-corrected chi connectivity index (χ3v) is 3.07. The number of rotatable bonds is 5. The number of aromatic amines is 1. The van der Waals surface area contributed by atoms with Crippen molar-refractivity contribution in [1.82, 2.24) is 14.8 Å². The van der Waals surface area contributed by atoms with E-state index in [0.717, 1.165) is 6.07 Å². The third kappa shape index (κ3) is 2.95. The average Bonchev–Trinajstić information content (AvgIpc) is 2.80. The molecular formula is C11H10F2N4O3S. The Kier molecular flexibility index (Phi) is 4.38. The number of nitro benzene ring substituents is 1. The van der Waals surface area contributed by atoms with Crippen LogP contribution in [0.1, 0.15) is 0 Å². The lowest BCUT2D eigenvalue weighted by atomic mass is 10.1. The summed E-state index contributed by atoms with van der Waals surface area (Å²) in [5, 5.41) is 17.3. The van der Waals surface area contributed by atoms with E-state index in [1.165, 1.54) is 11.7 Å². The van der Waals surface area contributed by atoms with E-state index in [2.05, 4.69) is 10.2 Å². The van der Waals surface area contributed by atoms with Crippen molar-refractivity contribution >= 4 is 17.9 Å². The minimum Gasteiger partial charge on any atom is -0.383 e. The molecule has 112 valence electrons. The van der Waals surface area contributed by atoms with Crippen LogP contribution in [0.3, 0.4) is 0 Å². The first-order chi connectivity index (χ1) is 9.95. The van der Waals surface area contributed by atoms with Crippen molar-refractivity contribution < 1.29 is 18.4 Å². The van der Waals surface area contributed by atoms with Crippen LogP contribution in [0, 0.1) is 26.5 Å². The predicted octanol–water partition coefficient (Wildman–Crippen LogP) is 2.44. The molecule has 7 nitrogen and oxygen atoms in total. The fraction of sp³-hybridized carbons (Fsp3) is 0.273. The van der Waals surface area contributed by atoms with Crippen LogP contribution < -0.4 is 0 Å². The van der Waals surface area contributed by atoms with E-state index in [4.69, 9.17) is 17.0 Å². The van der Waals surface area contributed by atoms with Gasteiger partial charge in [-0.15, -0.1) is 0 Å². The van der Waals surface area contributed by atoms with Crippen LogP contribution in [0.5, 0.6) is 0 Å². The predicted molar refractivity (Wildman–Crippen MR) is 71.3 cm³/mol. The van der Waals surface area contributed by atoms with Gasteiger partial charge in [0.25, 0.3) is 5.69 Å². The fourth-order valence-electron chi connectivity index (χ4n) is 1.78. The van der Waals surface area contributed by atoms with Crippen molar-refractivity contribution in [1.29, 1.82) is 0 Å². The van der Waals surface area contributed by atoms with Gasteiger partial charge in [-0.1, -0.05) is 0 Å². The van der Waals surface area contributed by atoms with Crippen LogP contribution in [-0.4, -0.2) is 33.4 Å². The van der Waals surface area contributed by atoms with Crippen molar-refractivity contribution in [2.75, 3.05) is 13.7 Å². The molecule has 0 radical (unpaired) electrons. The maximum atomic E-state index is 13.4. The molecule has 0 fully saturated rings. The van der Waals surface area contributed by atoms with Crippen LogP contribution in [0.4, 0.5) is 14.5 Å². The van der Waals surface area contributed by atoms with Crippen LogP contribution in [0.2, 0.25) is 0 Å². The second-order valence-corrected chi connectivity index (χ2v) is 4.42. The molecule has 0 saturated heterocycles. The van der Waals surface area contributed by atoms with Gasteiger partial charge in [0, 0.05) is 7.11 Å². The summed E-state index contributed by atoms with van der Waals surface area (Å²) in [7, 11) is 1.48. The summed E-state index contributed by atoms with van der Waals surface area (Å²) in [4.78, 5) is 10.2. The van der Waals surface area contributed by atoms with Gasteiger partial charge in [0.1, 0.15) is 5.56 Å². The SMILES string of the molecule is COCCn1c(-c2cc(F)c(F)cc2[N+](=O)[O-])n[nH]c1=S.